The molecule has 2 N–H and O–H groups in total. The largest absolute Gasteiger partial charge is 0.477 e. The van der Waals surface area contributed by atoms with Crippen LogP contribution in [0.2, 0.25) is 0 Å². The molecule has 0 rings (SSSR count). The van der Waals surface area contributed by atoms with Crippen molar-refractivity contribution in [3.8, 4) is 0 Å². The lowest BCUT2D eigenvalue weighted by molar-refractivity contribution is -0.883. The van der Waals surface area contributed by atoms with Crippen LogP contribution in [0.3, 0.4) is 0 Å². The maximum atomic E-state index is 11.3. The van der Waals surface area contributed by atoms with Gasteiger partial charge in [-0.2, -0.15) is 0 Å². The number of aliphatic carboxylic acids is 1. The van der Waals surface area contributed by atoms with Gasteiger partial charge in [0.2, 0.25) is 5.91 Å². The van der Waals surface area contributed by atoms with Gasteiger partial charge in [-0.3, -0.25) is 4.79 Å². The number of carboxylic acids is 1. The lowest BCUT2D eigenvalue weighted by Gasteiger charge is -2.27. The number of carbonyl (C=O) groups is 2. The first-order valence-electron chi connectivity index (χ1n) is 6.03. The smallest absolute Gasteiger partial charge is 0.359 e. The van der Waals surface area contributed by atoms with E-state index < -0.39 is 5.97 Å². The van der Waals surface area contributed by atoms with Crippen molar-refractivity contribution >= 4 is 11.9 Å². The molecule has 0 saturated heterocycles. The average Bonchev–Trinajstić information content (AvgIpc) is 2.09. The predicted molar refractivity (Wildman–Crippen MR) is 66.6 cm³/mol. The number of hydrogen-bond donors (Lipinski definition) is 2. The number of likely N-dealkylation sites (N-methyl/N-ethyl adjacent to an activating group) is 1. The van der Waals surface area contributed by atoms with Crippen LogP contribution in [0.5, 0.6) is 0 Å². The number of carbonyl (C=O) groups excluding carboxylic acids is 1. The number of carboxylic acid groups (broad SMARTS) is 1. The van der Waals surface area contributed by atoms with Crippen molar-refractivity contribution in [2.45, 2.75) is 26.7 Å². The minimum absolute atomic E-state index is 0.0727. The molecule has 0 unspecified atom stereocenters. The van der Waals surface area contributed by atoms with Crippen LogP contribution in [0.15, 0.2) is 0 Å². The van der Waals surface area contributed by atoms with Crippen LogP contribution in [-0.2, 0) is 9.59 Å². The van der Waals surface area contributed by atoms with E-state index in [1.54, 1.807) is 0 Å². The Morgan fingerprint density at radius 3 is 2.35 bits per heavy atom. The Bertz CT molecular complexity index is 262. The monoisotopic (exact) mass is 245 g/mol. The highest BCUT2D eigenvalue weighted by Crippen LogP contribution is 2.00. The second kappa shape index (κ2) is 7.27. The van der Waals surface area contributed by atoms with E-state index in [9.17, 15) is 9.59 Å². The Balaban J connectivity index is 3.70. The third-order valence-electron chi connectivity index (χ3n) is 2.42. The third-order valence-corrected chi connectivity index (χ3v) is 2.42. The van der Waals surface area contributed by atoms with Crippen LogP contribution in [0.4, 0.5) is 0 Å². The first kappa shape index (κ1) is 15.9. The third kappa shape index (κ3) is 9.81. The fraction of sp³-hybridized carbons (Fsp3) is 0.833. The number of rotatable bonds is 8. The maximum Gasteiger partial charge on any atom is 0.359 e. The molecule has 0 saturated carbocycles. The van der Waals surface area contributed by atoms with Crippen molar-refractivity contribution in [1.82, 2.24) is 5.32 Å². The van der Waals surface area contributed by atoms with Crippen LogP contribution in [0.1, 0.15) is 26.7 Å². The van der Waals surface area contributed by atoms with Crippen LogP contribution >= 0.6 is 0 Å². The highest BCUT2D eigenvalue weighted by atomic mass is 16.4. The van der Waals surface area contributed by atoms with Crippen LogP contribution in [-0.4, -0.2) is 55.2 Å². The molecular weight excluding hydrogens is 220 g/mol. The Morgan fingerprint density at radius 1 is 1.29 bits per heavy atom. The molecule has 0 spiro atoms. The van der Waals surface area contributed by atoms with Gasteiger partial charge in [0.1, 0.15) is 0 Å². The molecule has 0 aromatic carbocycles. The summed E-state index contributed by atoms with van der Waals surface area (Å²) in [6, 6.07) is 0. The van der Waals surface area contributed by atoms with E-state index in [1.165, 1.54) is 0 Å². The molecule has 0 aliphatic rings. The predicted octanol–water partition coefficient (Wildman–Crippen LogP) is 0.700. The molecular formula is C12H25N2O3+. The summed E-state index contributed by atoms with van der Waals surface area (Å²) in [6.07, 6.45) is 1.34. The minimum Gasteiger partial charge on any atom is -0.477 e. The summed E-state index contributed by atoms with van der Waals surface area (Å²) in [5.41, 5.74) is 0. The zero-order valence-electron chi connectivity index (χ0n) is 11.3. The number of hydrogen-bond acceptors (Lipinski definition) is 2. The standard InChI is InChI=1S/C12H24N2O3/c1-10(2)8-11(15)13-6-5-7-14(3,4)9-12(16)17/h10H,5-9H2,1-4H3,(H-,13,15,16,17)/p+1. The number of amides is 1. The summed E-state index contributed by atoms with van der Waals surface area (Å²) < 4.78 is 0.440. The summed E-state index contributed by atoms with van der Waals surface area (Å²) in [5, 5.41) is 11.6. The van der Waals surface area contributed by atoms with Crippen molar-refractivity contribution in [2.75, 3.05) is 33.7 Å². The molecule has 0 heterocycles. The molecule has 0 aromatic rings. The van der Waals surface area contributed by atoms with Gasteiger partial charge in [0.05, 0.1) is 20.6 Å². The van der Waals surface area contributed by atoms with Crippen molar-refractivity contribution in [3.63, 3.8) is 0 Å². The van der Waals surface area contributed by atoms with Crippen molar-refractivity contribution in [1.29, 1.82) is 0 Å². The first-order chi connectivity index (χ1) is 7.73. The number of quaternary nitrogens is 1. The van der Waals surface area contributed by atoms with Gasteiger partial charge in [-0.15, -0.1) is 0 Å². The maximum absolute atomic E-state index is 11.3. The van der Waals surface area contributed by atoms with Gasteiger partial charge in [0, 0.05) is 19.4 Å². The molecule has 5 heteroatoms. The Kier molecular flexibility index (Phi) is 6.80. The summed E-state index contributed by atoms with van der Waals surface area (Å²) in [7, 11) is 3.76. The minimum atomic E-state index is -0.793. The van der Waals surface area contributed by atoms with E-state index in [1.807, 2.05) is 27.9 Å². The van der Waals surface area contributed by atoms with Gasteiger partial charge in [0.15, 0.2) is 6.54 Å². The number of nitrogens with zero attached hydrogens (tertiary/aromatic N) is 1. The molecule has 0 aliphatic heterocycles. The molecule has 1 amide bonds. The molecule has 0 fully saturated rings. The van der Waals surface area contributed by atoms with E-state index in [-0.39, 0.29) is 12.5 Å². The van der Waals surface area contributed by atoms with E-state index >= 15 is 0 Å². The summed E-state index contributed by atoms with van der Waals surface area (Å²) in [4.78, 5) is 21.9. The Morgan fingerprint density at radius 2 is 1.88 bits per heavy atom. The fourth-order valence-electron chi connectivity index (χ4n) is 1.62. The summed E-state index contributed by atoms with van der Waals surface area (Å²) in [6.45, 7) is 5.49. The van der Waals surface area contributed by atoms with Crippen molar-refractivity contribution < 1.29 is 19.2 Å². The van der Waals surface area contributed by atoms with Gasteiger partial charge >= 0.3 is 5.97 Å². The van der Waals surface area contributed by atoms with Gasteiger partial charge < -0.3 is 14.9 Å². The lowest BCUT2D eigenvalue weighted by atomic mass is 10.1. The molecule has 100 valence electrons. The quantitative estimate of drug-likeness (QED) is 0.488. The Hall–Kier alpha value is -1.10. The normalized spacial score (nSPS) is 11.6. The van der Waals surface area contributed by atoms with Crippen molar-refractivity contribution in [3.05, 3.63) is 0 Å². The van der Waals surface area contributed by atoms with E-state index in [0.29, 0.717) is 23.4 Å². The van der Waals surface area contributed by atoms with E-state index in [4.69, 9.17) is 5.11 Å². The van der Waals surface area contributed by atoms with Gasteiger partial charge in [-0.05, 0) is 5.92 Å². The zero-order valence-corrected chi connectivity index (χ0v) is 11.3. The van der Waals surface area contributed by atoms with E-state index in [0.717, 1.165) is 13.0 Å². The molecule has 0 aliphatic carbocycles. The molecule has 5 nitrogen and oxygen atoms in total. The van der Waals surface area contributed by atoms with Crippen LogP contribution < -0.4 is 5.32 Å². The molecule has 0 bridgehead atoms. The van der Waals surface area contributed by atoms with Crippen LogP contribution in [0.25, 0.3) is 0 Å². The highest BCUT2D eigenvalue weighted by molar-refractivity contribution is 5.75. The molecule has 17 heavy (non-hydrogen) atoms. The molecule has 0 radical (unpaired) electrons. The van der Waals surface area contributed by atoms with Crippen LogP contribution in [0, 0.1) is 5.92 Å². The SMILES string of the molecule is CC(C)CC(=O)NCCC[N+](C)(C)CC(=O)O. The zero-order chi connectivity index (χ0) is 13.5. The van der Waals surface area contributed by atoms with Gasteiger partial charge in [-0.1, -0.05) is 13.8 Å². The number of nitrogens with one attached hydrogen (secondary N) is 1. The lowest BCUT2D eigenvalue weighted by Crippen LogP contribution is -2.45. The van der Waals surface area contributed by atoms with Gasteiger partial charge in [-0.25, -0.2) is 4.79 Å². The molecule has 0 atom stereocenters. The Labute approximate surface area is 103 Å². The molecule has 0 aromatic heterocycles. The second-order valence-corrected chi connectivity index (χ2v) is 5.51. The van der Waals surface area contributed by atoms with Crippen molar-refractivity contribution in [2.24, 2.45) is 5.92 Å². The first-order valence-corrected chi connectivity index (χ1v) is 6.03. The summed E-state index contributed by atoms with van der Waals surface area (Å²) in [5.74, 6) is -0.350. The van der Waals surface area contributed by atoms with Gasteiger partial charge in [0.25, 0.3) is 0 Å². The topological polar surface area (TPSA) is 66.4 Å². The summed E-state index contributed by atoms with van der Waals surface area (Å²) >= 11 is 0. The van der Waals surface area contributed by atoms with E-state index in [2.05, 4.69) is 5.32 Å². The fourth-order valence-corrected chi connectivity index (χ4v) is 1.62. The average molecular weight is 245 g/mol. The highest BCUT2D eigenvalue weighted by Gasteiger charge is 2.18. The second-order valence-electron chi connectivity index (χ2n) is 5.51.